The van der Waals surface area contributed by atoms with Crippen LogP contribution in [0.2, 0.25) is 0 Å². The van der Waals surface area contributed by atoms with Crippen molar-refractivity contribution < 1.29 is 18.3 Å². The van der Waals surface area contributed by atoms with Crippen molar-refractivity contribution in [2.45, 2.75) is 25.7 Å². The Labute approximate surface area is 135 Å². The Kier molecular flexibility index (Phi) is 5.02. The Hall–Kier alpha value is -1.40. The zero-order valence-electron chi connectivity index (χ0n) is 13.5. The summed E-state index contributed by atoms with van der Waals surface area (Å²) in [5, 5.41) is 3.30. The molecule has 1 fully saturated rings. The molecule has 0 radical (unpaired) electrons. The first kappa shape index (κ1) is 16.5. The zero-order valence-corrected chi connectivity index (χ0v) is 13.5. The van der Waals surface area contributed by atoms with E-state index < -0.39 is 5.92 Å². The van der Waals surface area contributed by atoms with E-state index in [9.17, 15) is 8.78 Å². The molecule has 0 unspecified atom stereocenters. The summed E-state index contributed by atoms with van der Waals surface area (Å²) < 4.78 is 39.3. The number of benzene rings is 1. The molecule has 0 amide bonds. The van der Waals surface area contributed by atoms with Crippen LogP contribution in [0.15, 0.2) is 12.1 Å². The summed E-state index contributed by atoms with van der Waals surface area (Å²) in [6, 6.07) is 3.21. The second-order valence-electron chi connectivity index (χ2n) is 6.24. The predicted molar refractivity (Wildman–Crippen MR) is 84.6 cm³/mol. The van der Waals surface area contributed by atoms with Crippen LogP contribution in [0.1, 0.15) is 24.5 Å². The molecule has 1 aromatic rings. The van der Waals surface area contributed by atoms with Crippen molar-refractivity contribution >= 4 is 0 Å². The van der Waals surface area contributed by atoms with Crippen molar-refractivity contribution in [1.29, 1.82) is 0 Å². The van der Waals surface area contributed by atoms with E-state index in [1.807, 2.05) is 0 Å². The lowest BCUT2D eigenvalue weighted by molar-refractivity contribution is 0.0161. The maximum absolute atomic E-state index is 14.0. The molecule has 0 saturated carbocycles. The quantitative estimate of drug-likeness (QED) is 0.921. The van der Waals surface area contributed by atoms with E-state index in [1.165, 1.54) is 6.07 Å². The van der Waals surface area contributed by atoms with Gasteiger partial charge in [0.1, 0.15) is 0 Å². The molecule has 1 aromatic carbocycles. The third kappa shape index (κ3) is 4.12. The van der Waals surface area contributed by atoms with Gasteiger partial charge < -0.3 is 19.7 Å². The molecule has 0 atom stereocenters. The number of hydrogen-bond acceptors (Lipinski definition) is 4. The lowest BCUT2D eigenvalue weighted by Crippen LogP contribution is -2.44. The summed E-state index contributed by atoms with van der Waals surface area (Å²) in [6.45, 7) is 6.62. The van der Waals surface area contributed by atoms with Gasteiger partial charge in [0.15, 0.2) is 11.5 Å². The summed E-state index contributed by atoms with van der Waals surface area (Å²) in [5.74, 6) is -1.86. The summed E-state index contributed by atoms with van der Waals surface area (Å²) in [7, 11) is 0. The van der Waals surface area contributed by atoms with E-state index in [1.54, 1.807) is 6.07 Å². The largest absolute Gasteiger partial charge is 0.490 e. The van der Waals surface area contributed by atoms with Crippen LogP contribution >= 0.6 is 0 Å². The third-order valence-electron chi connectivity index (χ3n) is 4.35. The summed E-state index contributed by atoms with van der Waals surface area (Å²) >= 11 is 0. The van der Waals surface area contributed by atoms with Gasteiger partial charge in [-0.05, 0) is 24.1 Å². The number of nitrogens with zero attached hydrogens (tertiary/aromatic N) is 1. The minimum absolute atomic E-state index is 0.0527. The highest BCUT2D eigenvalue weighted by Gasteiger charge is 2.30. The number of ether oxygens (including phenoxy) is 2. The number of alkyl halides is 2. The molecular weight excluding hydrogens is 302 g/mol. The van der Waals surface area contributed by atoms with E-state index in [4.69, 9.17) is 9.47 Å². The van der Waals surface area contributed by atoms with Gasteiger partial charge in [-0.1, -0.05) is 0 Å². The van der Waals surface area contributed by atoms with Crippen molar-refractivity contribution in [3.05, 3.63) is 23.3 Å². The van der Waals surface area contributed by atoms with Gasteiger partial charge >= 0.3 is 0 Å². The standard InChI is InChI=1S/C17H24F2N2O2/c1-17(18,19)14-12-16-15(22-9-2-10-23-16)11-13(14)3-6-21-7-4-20-5-8-21/h11-12,20H,2-10H2,1H3. The van der Waals surface area contributed by atoms with Gasteiger partial charge in [0.25, 0.3) is 5.92 Å². The van der Waals surface area contributed by atoms with Gasteiger partial charge in [0.2, 0.25) is 0 Å². The Morgan fingerprint density at radius 2 is 1.78 bits per heavy atom. The molecule has 23 heavy (non-hydrogen) atoms. The molecule has 1 N–H and O–H groups in total. The van der Waals surface area contributed by atoms with Gasteiger partial charge in [0.05, 0.1) is 13.2 Å². The highest BCUT2D eigenvalue weighted by atomic mass is 19.3. The molecule has 1 saturated heterocycles. The van der Waals surface area contributed by atoms with E-state index in [-0.39, 0.29) is 5.56 Å². The van der Waals surface area contributed by atoms with Crippen molar-refractivity contribution in [2.24, 2.45) is 0 Å². The van der Waals surface area contributed by atoms with Gasteiger partial charge in [-0.3, -0.25) is 0 Å². The second kappa shape index (κ2) is 7.01. The summed E-state index contributed by atoms with van der Waals surface area (Å²) in [4.78, 5) is 2.30. The second-order valence-corrected chi connectivity index (χ2v) is 6.24. The van der Waals surface area contributed by atoms with Gasteiger partial charge in [-0.2, -0.15) is 0 Å². The topological polar surface area (TPSA) is 33.7 Å². The Morgan fingerprint density at radius 3 is 2.43 bits per heavy atom. The number of halogens is 2. The van der Waals surface area contributed by atoms with Crippen LogP contribution in [0.5, 0.6) is 11.5 Å². The highest BCUT2D eigenvalue weighted by Crippen LogP contribution is 2.39. The molecule has 6 heteroatoms. The molecule has 2 aliphatic heterocycles. The van der Waals surface area contributed by atoms with Crippen molar-refractivity contribution in [3.8, 4) is 11.5 Å². The fraction of sp³-hybridized carbons (Fsp3) is 0.647. The monoisotopic (exact) mass is 326 g/mol. The first-order valence-electron chi connectivity index (χ1n) is 8.28. The van der Waals surface area contributed by atoms with Crippen LogP contribution in [0.4, 0.5) is 8.78 Å². The van der Waals surface area contributed by atoms with Crippen molar-refractivity contribution in [1.82, 2.24) is 10.2 Å². The van der Waals surface area contributed by atoms with Gasteiger partial charge in [-0.15, -0.1) is 0 Å². The van der Waals surface area contributed by atoms with Crippen molar-refractivity contribution in [2.75, 3.05) is 45.9 Å². The fourth-order valence-electron chi connectivity index (χ4n) is 3.08. The minimum atomic E-state index is -2.89. The summed E-state index contributed by atoms with van der Waals surface area (Å²) in [5.41, 5.74) is 0.706. The normalized spacial score (nSPS) is 19.4. The Morgan fingerprint density at radius 1 is 1.13 bits per heavy atom. The molecule has 2 heterocycles. The predicted octanol–water partition coefficient (Wildman–Crippen LogP) is 2.41. The maximum atomic E-state index is 14.0. The van der Waals surface area contributed by atoms with E-state index in [0.29, 0.717) is 36.7 Å². The number of fused-ring (bicyclic) bond motifs is 1. The molecule has 0 aromatic heterocycles. The number of piperazine rings is 1. The molecule has 0 spiro atoms. The first-order valence-corrected chi connectivity index (χ1v) is 8.28. The Bertz CT molecular complexity index is 540. The minimum Gasteiger partial charge on any atom is -0.490 e. The maximum Gasteiger partial charge on any atom is 0.270 e. The Balaban J connectivity index is 1.82. The zero-order chi connectivity index (χ0) is 16.3. The first-order chi connectivity index (χ1) is 11.0. The number of nitrogens with one attached hydrogen (secondary N) is 1. The molecule has 0 aliphatic carbocycles. The van der Waals surface area contributed by atoms with Crippen LogP contribution in [0.3, 0.4) is 0 Å². The van der Waals surface area contributed by atoms with E-state index in [0.717, 1.165) is 46.1 Å². The number of hydrogen-bond donors (Lipinski definition) is 1. The average molecular weight is 326 g/mol. The van der Waals surface area contributed by atoms with E-state index in [2.05, 4.69) is 10.2 Å². The SMILES string of the molecule is CC(F)(F)c1cc2c(cc1CCN1CCNCC1)OCCCO2. The smallest absolute Gasteiger partial charge is 0.270 e. The fourth-order valence-corrected chi connectivity index (χ4v) is 3.08. The molecule has 4 nitrogen and oxygen atoms in total. The lowest BCUT2D eigenvalue weighted by Gasteiger charge is -2.28. The van der Waals surface area contributed by atoms with Gasteiger partial charge in [-0.25, -0.2) is 8.78 Å². The molecule has 2 aliphatic rings. The van der Waals surface area contributed by atoms with Crippen LogP contribution < -0.4 is 14.8 Å². The third-order valence-corrected chi connectivity index (χ3v) is 4.35. The summed E-state index contributed by atoms with van der Waals surface area (Å²) in [6.07, 6.45) is 1.36. The van der Waals surface area contributed by atoms with Crippen LogP contribution in [-0.4, -0.2) is 50.8 Å². The van der Waals surface area contributed by atoms with Crippen LogP contribution in [0, 0.1) is 0 Å². The van der Waals surface area contributed by atoms with Crippen LogP contribution in [0.25, 0.3) is 0 Å². The van der Waals surface area contributed by atoms with E-state index >= 15 is 0 Å². The van der Waals surface area contributed by atoms with Crippen LogP contribution in [-0.2, 0) is 12.3 Å². The highest BCUT2D eigenvalue weighted by molar-refractivity contribution is 5.49. The van der Waals surface area contributed by atoms with Gasteiger partial charge in [0, 0.05) is 51.6 Å². The molecule has 128 valence electrons. The molecular formula is C17H24F2N2O2. The number of rotatable bonds is 4. The van der Waals surface area contributed by atoms with Crippen molar-refractivity contribution in [3.63, 3.8) is 0 Å². The average Bonchev–Trinajstić information content (AvgIpc) is 2.77. The lowest BCUT2D eigenvalue weighted by atomic mass is 9.98. The molecule has 3 rings (SSSR count). The molecule has 0 bridgehead atoms.